The molecule has 0 spiro atoms. The normalized spacial score (nSPS) is 13.9. The highest BCUT2D eigenvalue weighted by Gasteiger charge is 2.31. The predicted molar refractivity (Wildman–Crippen MR) is 60.4 cm³/mol. The maximum Gasteiger partial charge on any atom is 0.474 e. The largest absolute Gasteiger partial charge is 0.474 e. The van der Waals surface area contributed by atoms with Gasteiger partial charge in [-0.1, -0.05) is 5.11 Å². The maximum atomic E-state index is 12.1. The van der Waals surface area contributed by atoms with Crippen molar-refractivity contribution >= 4 is 7.82 Å². The van der Waals surface area contributed by atoms with E-state index in [-0.39, 0.29) is 19.4 Å². The molecule has 0 fully saturated rings. The van der Waals surface area contributed by atoms with Crippen LogP contribution < -0.4 is 0 Å². The quantitative estimate of drug-likeness (QED) is 0.213. The number of halogens is 3. The number of hydrogen-bond acceptors (Lipinski definition) is 5. The van der Waals surface area contributed by atoms with Gasteiger partial charge in [-0.15, -0.1) is 0 Å². The van der Waals surface area contributed by atoms with E-state index < -0.39 is 26.5 Å². The Morgan fingerprint density at radius 2 is 1.95 bits per heavy atom. The molecular formula is C8H15F3N3O4P. The van der Waals surface area contributed by atoms with Crippen LogP contribution >= 0.6 is 7.82 Å². The summed E-state index contributed by atoms with van der Waals surface area (Å²) in [6.45, 7) is -0.131. The molecule has 0 N–H and O–H groups in total. The molecule has 0 aliphatic rings. The van der Waals surface area contributed by atoms with Crippen molar-refractivity contribution in [1.82, 2.24) is 0 Å². The van der Waals surface area contributed by atoms with Crippen molar-refractivity contribution < 1.29 is 31.3 Å². The average molecular weight is 305 g/mol. The van der Waals surface area contributed by atoms with Crippen molar-refractivity contribution in [2.45, 2.75) is 31.5 Å². The third-order valence-corrected chi connectivity index (χ3v) is 3.45. The summed E-state index contributed by atoms with van der Waals surface area (Å²) in [5.74, 6) is 0. The first-order valence-electron chi connectivity index (χ1n) is 5.23. The number of phosphoric ester groups is 1. The van der Waals surface area contributed by atoms with E-state index in [1.54, 1.807) is 0 Å². The topological polar surface area (TPSA) is 93.5 Å². The van der Waals surface area contributed by atoms with Crippen LogP contribution in [0.25, 0.3) is 10.4 Å². The monoisotopic (exact) mass is 305 g/mol. The van der Waals surface area contributed by atoms with E-state index in [9.17, 15) is 17.7 Å². The molecule has 19 heavy (non-hydrogen) atoms. The van der Waals surface area contributed by atoms with Gasteiger partial charge in [0.2, 0.25) is 0 Å². The molecule has 11 heteroatoms. The molecule has 112 valence electrons. The van der Waals surface area contributed by atoms with E-state index in [1.165, 1.54) is 0 Å². The molecule has 0 aliphatic heterocycles. The minimum absolute atomic E-state index is 0.0446. The number of alkyl halides is 3. The van der Waals surface area contributed by atoms with E-state index in [0.717, 1.165) is 14.2 Å². The van der Waals surface area contributed by atoms with Gasteiger partial charge in [0.15, 0.2) is 0 Å². The van der Waals surface area contributed by atoms with Crippen LogP contribution in [0.2, 0.25) is 0 Å². The summed E-state index contributed by atoms with van der Waals surface area (Å²) in [6, 6.07) is -1.21. The Bertz CT molecular complexity index is 352. The zero-order chi connectivity index (χ0) is 14.9. The van der Waals surface area contributed by atoms with Gasteiger partial charge in [0.25, 0.3) is 0 Å². The van der Waals surface area contributed by atoms with E-state index >= 15 is 0 Å². The molecule has 0 aromatic heterocycles. The molecule has 0 bridgehead atoms. The Kier molecular flexibility index (Phi) is 8.05. The van der Waals surface area contributed by atoms with Crippen LogP contribution in [-0.4, -0.2) is 33.0 Å². The number of rotatable bonds is 9. The second-order valence-electron chi connectivity index (χ2n) is 3.47. The standard InChI is InChI=1S/C8H15F3N3O4P/c1-16-19(15,17-2)18-5-3-4-7(13-14-12)6-8(9,10)11/h7H,3-6H2,1-2H3. The van der Waals surface area contributed by atoms with Gasteiger partial charge in [0.1, 0.15) is 0 Å². The fourth-order valence-corrected chi connectivity index (χ4v) is 1.93. The van der Waals surface area contributed by atoms with E-state index in [2.05, 4.69) is 19.1 Å². The first-order chi connectivity index (χ1) is 8.76. The summed E-state index contributed by atoms with van der Waals surface area (Å²) in [6.07, 6.45) is -5.54. The van der Waals surface area contributed by atoms with Crippen molar-refractivity contribution in [3.05, 3.63) is 10.4 Å². The second-order valence-corrected chi connectivity index (χ2v) is 5.35. The highest BCUT2D eigenvalue weighted by Crippen LogP contribution is 2.47. The van der Waals surface area contributed by atoms with E-state index in [4.69, 9.17) is 10.1 Å². The lowest BCUT2D eigenvalue weighted by molar-refractivity contribution is -0.138. The Balaban J connectivity index is 4.14. The molecule has 0 aromatic rings. The summed E-state index contributed by atoms with van der Waals surface area (Å²) in [5, 5.41) is 3.06. The SMILES string of the molecule is COP(=O)(OC)OCCCC(CC(F)(F)F)N=[N+]=[N-]. The van der Waals surface area contributed by atoms with Crippen LogP contribution in [-0.2, 0) is 18.1 Å². The molecule has 1 unspecified atom stereocenters. The summed E-state index contributed by atoms with van der Waals surface area (Å²) < 4.78 is 61.6. The first-order valence-corrected chi connectivity index (χ1v) is 6.69. The van der Waals surface area contributed by atoms with Gasteiger partial charge in [-0.05, 0) is 18.4 Å². The molecular weight excluding hydrogens is 290 g/mol. The van der Waals surface area contributed by atoms with Crippen LogP contribution in [0.1, 0.15) is 19.3 Å². The Morgan fingerprint density at radius 1 is 1.37 bits per heavy atom. The molecule has 0 rings (SSSR count). The van der Waals surface area contributed by atoms with Crippen LogP contribution in [0.3, 0.4) is 0 Å². The molecule has 7 nitrogen and oxygen atoms in total. The van der Waals surface area contributed by atoms with Crippen LogP contribution in [0.15, 0.2) is 5.11 Å². The van der Waals surface area contributed by atoms with Crippen molar-refractivity contribution in [2.24, 2.45) is 5.11 Å². The Morgan fingerprint density at radius 3 is 2.37 bits per heavy atom. The Hall–Kier alpha value is -0.790. The van der Waals surface area contributed by atoms with Crippen molar-refractivity contribution in [3.8, 4) is 0 Å². The molecule has 0 saturated heterocycles. The lowest BCUT2D eigenvalue weighted by Crippen LogP contribution is -2.18. The summed E-state index contributed by atoms with van der Waals surface area (Å²) in [7, 11) is -1.38. The fourth-order valence-electron chi connectivity index (χ4n) is 1.22. The lowest BCUT2D eigenvalue weighted by atomic mass is 10.1. The molecule has 0 amide bonds. The van der Waals surface area contributed by atoms with Crippen LogP contribution in [0.4, 0.5) is 13.2 Å². The van der Waals surface area contributed by atoms with Crippen LogP contribution in [0.5, 0.6) is 0 Å². The van der Waals surface area contributed by atoms with Gasteiger partial charge in [-0.2, -0.15) is 13.2 Å². The number of phosphoric acid groups is 1. The molecule has 0 radical (unpaired) electrons. The van der Waals surface area contributed by atoms with Gasteiger partial charge in [-0.25, -0.2) is 4.57 Å². The molecule has 0 saturated carbocycles. The number of azide groups is 1. The van der Waals surface area contributed by atoms with E-state index in [1.807, 2.05) is 0 Å². The zero-order valence-corrected chi connectivity index (χ0v) is 11.4. The van der Waals surface area contributed by atoms with E-state index in [0.29, 0.717) is 0 Å². The molecule has 0 aliphatic carbocycles. The highest BCUT2D eigenvalue weighted by atomic mass is 31.2. The van der Waals surface area contributed by atoms with Gasteiger partial charge in [0, 0.05) is 25.2 Å². The van der Waals surface area contributed by atoms with Gasteiger partial charge in [0.05, 0.1) is 13.0 Å². The van der Waals surface area contributed by atoms with Crippen LogP contribution in [0, 0.1) is 0 Å². The third kappa shape index (κ3) is 8.85. The smallest absolute Gasteiger partial charge is 0.290 e. The van der Waals surface area contributed by atoms with Crippen molar-refractivity contribution in [3.63, 3.8) is 0 Å². The van der Waals surface area contributed by atoms with Gasteiger partial charge in [-0.3, -0.25) is 13.6 Å². The fraction of sp³-hybridized carbons (Fsp3) is 1.00. The summed E-state index contributed by atoms with van der Waals surface area (Å²) in [5.41, 5.74) is 8.17. The first kappa shape index (κ1) is 18.2. The molecule has 0 heterocycles. The predicted octanol–water partition coefficient (Wildman–Crippen LogP) is 3.82. The lowest BCUT2D eigenvalue weighted by Gasteiger charge is -2.15. The maximum absolute atomic E-state index is 12.1. The molecule has 1 atom stereocenters. The summed E-state index contributed by atoms with van der Waals surface area (Å²) in [4.78, 5) is 2.36. The number of hydrogen-bond donors (Lipinski definition) is 0. The highest BCUT2D eigenvalue weighted by molar-refractivity contribution is 7.48. The molecule has 0 aromatic carbocycles. The Labute approximate surface area is 108 Å². The van der Waals surface area contributed by atoms with Crippen molar-refractivity contribution in [1.29, 1.82) is 0 Å². The van der Waals surface area contributed by atoms with Gasteiger partial charge >= 0.3 is 14.0 Å². The minimum Gasteiger partial charge on any atom is -0.290 e. The second kappa shape index (κ2) is 8.39. The minimum atomic E-state index is -4.41. The van der Waals surface area contributed by atoms with Gasteiger partial charge < -0.3 is 0 Å². The average Bonchev–Trinajstić information content (AvgIpc) is 2.32. The third-order valence-electron chi connectivity index (χ3n) is 2.06. The summed E-state index contributed by atoms with van der Waals surface area (Å²) >= 11 is 0. The van der Waals surface area contributed by atoms with Crippen molar-refractivity contribution in [2.75, 3.05) is 20.8 Å². The zero-order valence-electron chi connectivity index (χ0n) is 10.5. The number of nitrogens with zero attached hydrogens (tertiary/aromatic N) is 3.